The van der Waals surface area contributed by atoms with Crippen molar-refractivity contribution in [3.8, 4) is 17.5 Å². The Morgan fingerprint density at radius 1 is 1.08 bits per heavy atom. The minimum absolute atomic E-state index is 0.0689. The highest BCUT2D eigenvalue weighted by Gasteiger charge is 2.16. The number of aryl methyl sites for hydroxylation is 3. The van der Waals surface area contributed by atoms with Crippen LogP contribution in [0.15, 0.2) is 65.8 Å². The van der Waals surface area contributed by atoms with E-state index in [9.17, 15) is 10.1 Å². The van der Waals surface area contributed by atoms with E-state index in [1.54, 1.807) is 18.3 Å². The number of ether oxygens (including phenoxy) is 1. The molecule has 0 amide bonds. The third-order valence-electron chi connectivity index (χ3n) is 5.98. The van der Waals surface area contributed by atoms with E-state index in [0.29, 0.717) is 27.5 Å². The van der Waals surface area contributed by atoms with Crippen LogP contribution in [0.3, 0.4) is 0 Å². The molecule has 0 spiro atoms. The Balaban J connectivity index is 1.52. The van der Waals surface area contributed by atoms with Gasteiger partial charge in [0.2, 0.25) is 0 Å². The fraction of sp³-hybridized carbons (Fsp3) is 0.179. The van der Waals surface area contributed by atoms with Crippen LogP contribution in [0.5, 0.6) is 5.75 Å². The number of aromatic nitrogens is 5. The maximum absolute atomic E-state index is 12.6. The standard InChI is InChI=1S/C28H23ClN6O2/c1-17-13-31-35(14-17)25-11-19(3)33-27-21(25)7-4-8-26(27)37-16-22-23(29)10-18(2)32-24(22)15-34-9-5-6-20(12-30)28(34)36/h4-11,13-14H,15-16H2,1-3H3. The summed E-state index contributed by atoms with van der Waals surface area (Å²) in [6.07, 6.45) is 5.41. The minimum atomic E-state index is -0.383. The van der Waals surface area contributed by atoms with Crippen molar-refractivity contribution in [2.24, 2.45) is 0 Å². The molecule has 0 N–H and O–H groups in total. The van der Waals surface area contributed by atoms with Gasteiger partial charge in [0.1, 0.15) is 29.5 Å². The van der Waals surface area contributed by atoms with Gasteiger partial charge in [-0.3, -0.25) is 9.78 Å². The average molecular weight is 511 g/mol. The van der Waals surface area contributed by atoms with Crippen molar-refractivity contribution in [1.29, 1.82) is 5.26 Å². The maximum Gasteiger partial charge on any atom is 0.268 e. The summed E-state index contributed by atoms with van der Waals surface area (Å²) >= 11 is 6.63. The van der Waals surface area contributed by atoms with Gasteiger partial charge in [0, 0.05) is 34.7 Å². The summed E-state index contributed by atoms with van der Waals surface area (Å²) in [6, 6.07) is 14.6. The zero-order valence-corrected chi connectivity index (χ0v) is 21.3. The fourth-order valence-electron chi connectivity index (χ4n) is 4.24. The van der Waals surface area contributed by atoms with Crippen molar-refractivity contribution in [1.82, 2.24) is 24.3 Å². The Morgan fingerprint density at radius 3 is 2.65 bits per heavy atom. The SMILES string of the molecule is Cc1cnn(-c2cc(C)nc3c(OCc4c(Cl)cc(C)nc4Cn4cccc(C#N)c4=O)cccc23)c1. The molecular formula is C28H23ClN6O2. The highest BCUT2D eigenvalue weighted by Crippen LogP contribution is 2.31. The highest BCUT2D eigenvalue weighted by atomic mass is 35.5. The number of hydrogen-bond donors (Lipinski definition) is 0. The maximum atomic E-state index is 12.6. The van der Waals surface area contributed by atoms with E-state index in [4.69, 9.17) is 21.3 Å². The molecule has 0 aliphatic carbocycles. The second-order valence-electron chi connectivity index (χ2n) is 8.82. The highest BCUT2D eigenvalue weighted by molar-refractivity contribution is 6.31. The van der Waals surface area contributed by atoms with Gasteiger partial charge in [-0.1, -0.05) is 23.7 Å². The average Bonchev–Trinajstić information content (AvgIpc) is 3.30. The zero-order valence-electron chi connectivity index (χ0n) is 20.6. The first kappa shape index (κ1) is 24.2. The first-order valence-corrected chi connectivity index (χ1v) is 12.0. The topological polar surface area (TPSA) is 98.6 Å². The lowest BCUT2D eigenvalue weighted by Gasteiger charge is -2.16. The molecule has 0 aliphatic heterocycles. The van der Waals surface area contributed by atoms with Crippen LogP contribution >= 0.6 is 11.6 Å². The molecule has 4 heterocycles. The third-order valence-corrected chi connectivity index (χ3v) is 6.32. The van der Waals surface area contributed by atoms with E-state index >= 15 is 0 Å². The second-order valence-corrected chi connectivity index (χ2v) is 9.23. The third kappa shape index (κ3) is 4.82. The Kier molecular flexibility index (Phi) is 6.47. The predicted molar refractivity (Wildman–Crippen MR) is 141 cm³/mol. The van der Waals surface area contributed by atoms with Crippen molar-refractivity contribution in [2.75, 3.05) is 0 Å². The molecule has 0 radical (unpaired) electrons. The fourth-order valence-corrected chi connectivity index (χ4v) is 4.56. The van der Waals surface area contributed by atoms with E-state index in [0.717, 1.165) is 28.0 Å². The molecule has 184 valence electrons. The number of para-hydroxylation sites is 1. The van der Waals surface area contributed by atoms with Crippen molar-refractivity contribution >= 4 is 22.5 Å². The quantitative estimate of drug-likeness (QED) is 0.317. The molecule has 0 bridgehead atoms. The molecule has 0 saturated heterocycles. The molecule has 9 heteroatoms. The van der Waals surface area contributed by atoms with E-state index < -0.39 is 0 Å². The van der Waals surface area contributed by atoms with Crippen LogP contribution in [-0.2, 0) is 13.2 Å². The molecule has 0 fully saturated rings. The summed E-state index contributed by atoms with van der Waals surface area (Å²) in [5.41, 5.74) is 5.17. The second kappa shape index (κ2) is 9.88. The van der Waals surface area contributed by atoms with Crippen molar-refractivity contribution < 1.29 is 4.74 Å². The van der Waals surface area contributed by atoms with Gasteiger partial charge in [-0.2, -0.15) is 10.4 Å². The van der Waals surface area contributed by atoms with Crippen molar-refractivity contribution in [2.45, 2.75) is 33.9 Å². The van der Waals surface area contributed by atoms with Crippen LogP contribution in [0.25, 0.3) is 16.6 Å². The Hall–Kier alpha value is -4.48. The van der Waals surface area contributed by atoms with Gasteiger partial charge in [0.05, 0.1) is 29.1 Å². The number of nitriles is 1. The lowest BCUT2D eigenvalue weighted by atomic mass is 10.1. The van der Waals surface area contributed by atoms with Gasteiger partial charge in [0.25, 0.3) is 5.56 Å². The van der Waals surface area contributed by atoms with E-state index in [2.05, 4.69) is 10.1 Å². The van der Waals surface area contributed by atoms with Crippen LogP contribution in [0, 0.1) is 32.1 Å². The number of pyridine rings is 3. The number of fused-ring (bicyclic) bond motifs is 1. The molecule has 5 aromatic rings. The number of halogens is 1. The van der Waals surface area contributed by atoms with Gasteiger partial charge < -0.3 is 9.30 Å². The molecule has 0 saturated carbocycles. The molecule has 5 rings (SSSR count). The van der Waals surface area contributed by atoms with Crippen LogP contribution in [0.1, 0.15) is 33.8 Å². The number of nitrogens with zero attached hydrogens (tertiary/aromatic N) is 6. The number of benzene rings is 1. The number of hydrogen-bond acceptors (Lipinski definition) is 6. The summed E-state index contributed by atoms with van der Waals surface area (Å²) < 4.78 is 9.56. The molecule has 37 heavy (non-hydrogen) atoms. The van der Waals surface area contributed by atoms with Gasteiger partial charge in [-0.25, -0.2) is 9.67 Å². The van der Waals surface area contributed by atoms with Gasteiger partial charge >= 0.3 is 0 Å². The normalized spacial score (nSPS) is 11.0. The first-order valence-electron chi connectivity index (χ1n) is 11.6. The number of rotatable bonds is 6. The monoisotopic (exact) mass is 510 g/mol. The largest absolute Gasteiger partial charge is 0.486 e. The summed E-state index contributed by atoms with van der Waals surface area (Å²) in [5, 5.41) is 15.1. The van der Waals surface area contributed by atoms with Crippen LogP contribution in [0.4, 0.5) is 0 Å². The lowest BCUT2D eigenvalue weighted by Crippen LogP contribution is -2.23. The minimum Gasteiger partial charge on any atom is -0.486 e. The summed E-state index contributed by atoms with van der Waals surface area (Å²) in [6.45, 7) is 6.05. The van der Waals surface area contributed by atoms with Gasteiger partial charge in [-0.05, 0) is 56.7 Å². The zero-order chi connectivity index (χ0) is 26.1. The van der Waals surface area contributed by atoms with E-state index in [-0.39, 0.29) is 24.3 Å². The molecule has 1 aromatic carbocycles. The van der Waals surface area contributed by atoms with E-state index in [1.165, 1.54) is 10.6 Å². The van der Waals surface area contributed by atoms with E-state index in [1.807, 2.05) is 68.2 Å². The molecule has 8 nitrogen and oxygen atoms in total. The molecule has 4 aromatic heterocycles. The molecule has 0 unspecified atom stereocenters. The van der Waals surface area contributed by atoms with Crippen molar-refractivity contribution in [3.63, 3.8) is 0 Å². The summed E-state index contributed by atoms with van der Waals surface area (Å²) in [7, 11) is 0. The first-order chi connectivity index (χ1) is 17.8. The summed E-state index contributed by atoms with van der Waals surface area (Å²) in [4.78, 5) is 22.0. The van der Waals surface area contributed by atoms with Crippen LogP contribution in [-0.4, -0.2) is 24.3 Å². The smallest absolute Gasteiger partial charge is 0.268 e. The van der Waals surface area contributed by atoms with Crippen molar-refractivity contribution in [3.05, 3.63) is 110 Å². The summed E-state index contributed by atoms with van der Waals surface area (Å²) in [5.74, 6) is 0.595. The van der Waals surface area contributed by atoms with Crippen LogP contribution < -0.4 is 10.3 Å². The van der Waals surface area contributed by atoms with Gasteiger partial charge in [-0.15, -0.1) is 0 Å². The molecular weight excluding hydrogens is 488 g/mol. The Bertz CT molecular complexity index is 1750. The molecule has 0 aliphatic rings. The van der Waals surface area contributed by atoms with Gasteiger partial charge in [0.15, 0.2) is 0 Å². The Morgan fingerprint density at radius 2 is 1.89 bits per heavy atom. The predicted octanol–water partition coefficient (Wildman–Crippen LogP) is 5.05. The Labute approximate surface area is 218 Å². The van der Waals surface area contributed by atoms with Crippen LogP contribution in [0.2, 0.25) is 5.02 Å². The molecule has 0 atom stereocenters. The lowest BCUT2D eigenvalue weighted by molar-refractivity contribution is 0.307.